The second-order valence-electron chi connectivity index (χ2n) is 4.94. The molecule has 2 amide bonds. The maximum Gasteiger partial charge on any atom is 0.329 e. The fraction of sp³-hybridized carbons (Fsp3) is 0.118. The van der Waals surface area contributed by atoms with Crippen molar-refractivity contribution >= 4 is 34.0 Å². The molecule has 0 aliphatic carbocycles. The lowest BCUT2D eigenvalue weighted by molar-refractivity contribution is -0.139. The first-order valence-electron chi connectivity index (χ1n) is 7.22. The molecule has 3 N–H and O–H groups in total. The van der Waals surface area contributed by atoms with Gasteiger partial charge in [0.25, 0.3) is 0 Å². The zero-order valence-corrected chi connectivity index (χ0v) is 14.9. The van der Waals surface area contributed by atoms with Crippen LogP contribution in [0.5, 0.6) is 11.5 Å². The smallest absolute Gasteiger partial charge is 0.329 e. The Kier molecular flexibility index (Phi) is 6.53. The van der Waals surface area contributed by atoms with E-state index in [1.807, 2.05) is 0 Å². The van der Waals surface area contributed by atoms with E-state index in [2.05, 4.69) is 31.8 Å². The van der Waals surface area contributed by atoms with Crippen molar-refractivity contribution in [2.45, 2.75) is 6.54 Å². The molecule has 0 aliphatic rings. The maximum atomic E-state index is 11.7. The first-order valence-corrected chi connectivity index (χ1v) is 8.01. The van der Waals surface area contributed by atoms with Crippen molar-refractivity contribution in [3.63, 3.8) is 0 Å². The summed E-state index contributed by atoms with van der Waals surface area (Å²) in [4.78, 5) is 23.4. The molecule has 0 bridgehead atoms. The monoisotopic (exact) mass is 405 g/mol. The van der Waals surface area contributed by atoms with Crippen LogP contribution in [0.4, 0.5) is 0 Å². The summed E-state index contributed by atoms with van der Waals surface area (Å²) in [6, 6.07) is 11.8. The Morgan fingerprint density at radius 2 is 1.92 bits per heavy atom. The molecule has 7 nitrogen and oxygen atoms in total. The van der Waals surface area contributed by atoms with E-state index in [0.29, 0.717) is 15.8 Å². The minimum absolute atomic E-state index is 0.0964. The van der Waals surface area contributed by atoms with Crippen molar-refractivity contribution in [2.75, 3.05) is 7.11 Å². The molecule has 8 heteroatoms. The number of carbonyl (C=O) groups is 2. The summed E-state index contributed by atoms with van der Waals surface area (Å²) in [5, 5.41) is 15.6. The quantitative estimate of drug-likeness (QED) is 0.401. The SMILES string of the molecule is COc1ccc(CNC(=O)C(=O)N/N=C/c2ccc(O)c(Br)c2)cc1. The Balaban J connectivity index is 1.82. The van der Waals surface area contributed by atoms with E-state index in [1.54, 1.807) is 43.5 Å². The molecule has 0 aliphatic heterocycles. The van der Waals surface area contributed by atoms with Crippen LogP contribution in [0.3, 0.4) is 0 Å². The Labute approximate surface area is 152 Å². The maximum absolute atomic E-state index is 11.7. The Morgan fingerprint density at radius 1 is 1.20 bits per heavy atom. The number of nitrogens with one attached hydrogen (secondary N) is 2. The molecule has 0 aromatic heterocycles. The lowest BCUT2D eigenvalue weighted by Crippen LogP contribution is -2.37. The van der Waals surface area contributed by atoms with Crippen molar-refractivity contribution < 1.29 is 19.4 Å². The van der Waals surface area contributed by atoms with Crippen LogP contribution in [0.25, 0.3) is 0 Å². The number of rotatable bonds is 5. The third-order valence-corrected chi connectivity index (χ3v) is 3.80. The van der Waals surface area contributed by atoms with E-state index < -0.39 is 11.8 Å². The third-order valence-electron chi connectivity index (χ3n) is 3.17. The summed E-state index contributed by atoms with van der Waals surface area (Å²) in [6.45, 7) is 0.213. The van der Waals surface area contributed by atoms with Crippen LogP contribution in [0.15, 0.2) is 52.0 Å². The van der Waals surface area contributed by atoms with Gasteiger partial charge in [0.1, 0.15) is 11.5 Å². The molecule has 0 atom stereocenters. The van der Waals surface area contributed by atoms with Crippen molar-refractivity contribution in [3.05, 3.63) is 58.1 Å². The normalized spacial score (nSPS) is 10.5. The van der Waals surface area contributed by atoms with Crippen molar-refractivity contribution in [2.24, 2.45) is 5.10 Å². The van der Waals surface area contributed by atoms with Gasteiger partial charge in [-0.2, -0.15) is 5.10 Å². The van der Waals surface area contributed by atoms with E-state index >= 15 is 0 Å². The minimum atomic E-state index is -0.873. The average Bonchev–Trinajstić information content (AvgIpc) is 2.63. The van der Waals surface area contributed by atoms with Gasteiger partial charge in [0.15, 0.2) is 0 Å². The summed E-state index contributed by atoms with van der Waals surface area (Å²) in [6.07, 6.45) is 1.36. The molecule has 0 saturated carbocycles. The number of halogens is 1. The van der Waals surface area contributed by atoms with Gasteiger partial charge >= 0.3 is 11.8 Å². The summed E-state index contributed by atoms with van der Waals surface area (Å²) >= 11 is 3.17. The number of phenols is 1. The first kappa shape index (κ1) is 18.5. The topological polar surface area (TPSA) is 100 Å². The van der Waals surface area contributed by atoms with Gasteiger partial charge in [0.2, 0.25) is 0 Å². The molecule has 0 unspecified atom stereocenters. The molecule has 25 heavy (non-hydrogen) atoms. The van der Waals surface area contributed by atoms with Crippen LogP contribution < -0.4 is 15.5 Å². The van der Waals surface area contributed by atoms with Gasteiger partial charge in [-0.15, -0.1) is 0 Å². The number of benzene rings is 2. The number of nitrogens with zero attached hydrogens (tertiary/aromatic N) is 1. The number of amides is 2. The van der Waals surface area contributed by atoms with Crippen LogP contribution >= 0.6 is 15.9 Å². The highest BCUT2D eigenvalue weighted by molar-refractivity contribution is 9.10. The fourth-order valence-electron chi connectivity index (χ4n) is 1.83. The van der Waals surface area contributed by atoms with Gasteiger partial charge in [-0.3, -0.25) is 9.59 Å². The average molecular weight is 406 g/mol. The van der Waals surface area contributed by atoms with Crippen LogP contribution in [-0.4, -0.2) is 30.2 Å². The second kappa shape index (κ2) is 8.84. The number of ether oxygens (including phenoxy) is 1. The van der Waals surface area contributed by atoms with Gasteiger partial charge in [0, 0.05) is 6.54 Å². The lowest BCUT2D eigenvalue weighted by Gasteiger charge is -2.05. The van der Waals surface area contributed by atoms with Crippen LogP contribution in [0.1, 0.15) is 11.1 Å². The van der Waals surface area contributed by atoms with Gasteiger partial charge in [-0.1, -0.05) is 12.1 Å². The highest BCUT2D eigenvalue weighted by atomic mass is 79.9. The van der Waals surface area contributed by atoms with E-state index in [9.17, 15) is 14.7 Å². The van der Waals surface area contributed by atoms with E-state index in [4.69, 9.17) is 4.74 Å². The largest absolute Gasteiger partial charge is 0.507 e. The van der Waals surface area contributed by atoms with E-state index in [-0.39, 0.29) is 12.3 Å². The van der Waals surface area contributed by atoms with Crippen LogP contribution in [-0.2, 0) is 16.1 Å². The number of hydrazone groups is 1. The zero-order chi connectivity index (χ0) is 18.2. The Morgan fingerprint density at radius 3 is 2.56 bits per heavy atom. The van der Waals surface area contributed by atoms with Crippen LogP contribution in [0, 0.1) is 0 Å². The van der Waals surface area contributed by atoms with Gasteiger partial charge < -0.3 is 15.2 Å². The van der Waals surface area contributed by atoms with Crippen molar-refractivity contribution in [1.82, 2.24) is 10.7 Å². The number of phenolic OH excluding ortho intramolecular Hbond substituents is 1. The summed E-state index contributed by atoms with van der Waals surface area (Å²) in [5.41, 5.74) is 3.62. The van der Waals surface area contributed by atoms with Gasteiger partial charge in [-0.25, -0.2) is 5.43 Å². The molecule has 0 fully saturated rings. The van der Waals surface area contributed by atoms with Crippen molar-refractivity contribution in [3.8, 4) is 11.5 Å². The van der Waals surface area contributed by atoms with Gasteiger partial charge in [-0.05, 0) is 57.4 Å². The van der Waals surface area contributed by atoms with E-state index in [0.717, 1.165) is 5.56 Å². The summed E-state index contributed by atoms with van der Waals surface area (Å²) < 4.78 is 5.54. The number of methoxy groups -OCH3 is 1. The van der Waals surface area contributed by atoms with E-state index in [1.165, 1.54) is 12.3 Å². The standard InChI is InChI=1S/C17H16BrN3O4/c1-25-13-5-2-11(3-6-13)9-19-16(23)17(24)21-20-10-12-4-7-15(22)14(18)8-12/h2-8,10,22H,9H2,1H3,(H,19,23)(H,21,24)/b20-10+. The number of hydrogen-bond donors (Lipinski definition) is 3. The summed E-state index contributed by atoms with van der Waals surface area (Å²) in [5.74, 6) is -0.857. The molecule has 130 valence electrons. The molecule has 2 aromatic carbocycles. The Hall–Kier alpha value is -2.87. The van der Waals surface area contributed by atoms with Gasteiger partial charge in [0.05, 0.1) is 17.8 Å². The second-order valence-corrected chi connectivity index (χ2v) is 5.80. The highest BCUT2D eigenvalue weighted by Crippen LogP contribution is 2.23. The number of hydrogen-bond acceptors (Lipinski definition) is 5. The third kappa shape index (κ3) is 5.61. The molecule has 0 spiro atoms. The van der Waals surface area contributed by atoms with Crippen LogP contribution in [0.2, 0.25) is 0 Å². The number of carbonyl (C=O) groups excluding carboxylic acids is 2. The number of aromatic hydroxyl groups is 1. The summed E-state index contributed by atoms with van der Waals surface area (Å²) in [7, 11) is 1.57. The lowest BCUT2D eigenvalue weighted by atomic mass is 10.2. The molecule has 0 heterocycles. The predicted molar refractivity (Wildman–Crippen MR) is 96.4 cm³/mol. The highest BCUT2D eigenvalue weighted by Gasteiger charge is 2.11. The molecule has 0 radical (unpaired) electrons. The van der Waals surface area contributed by atoms with Crippen molar-refractivity contribution in [1.29, 1.82) is 0 Å². The zero-order valence-electron chi connectivity index (χ0n) is 13.3. The Bertz CT molecular complexity index is 791. The fourth-order valence-corrected chi connectivity index (χ4v) is 2.22. The minimum Gasteiger partial charge on any atom is -0.507 e. The molecule has 2 rings (SSSR count). The molecular formula is C17H16BrN3O4. The molecule has 0 saturated heterocycles. The predicted octanol–water partition coefficient (Wildman–Crippen LogP) is 1.93. The first-order chi connectivity index (χ1) is 12.0. The molecule has 2 aromatic rings. The molecular weight excluding hydrogens is 390 g/mol.